The van der Waals surface area contributed by atoms with Crippen molar-refractivity contribution in [2.45, 2.75) is 18.9 Å². The third-order valence-electron chi connectivity index (χ3n) is 4.76. The van der Waals surface area contributed by atoms with Crippen LogP contribution in [0.3, 0.4) is 0 Å². The highest BCUT2D eigenvalue weighted by Gasteiger charge is 2.34. The van der Waals surface area contributed by atoms with Crippen molar-refractivity contribution in [2.24, 2.45) is 0 Å². The summed E-state index contributed by atoms with van der Waals surface area (Å²) in [6.07, 6.45) is 2.17. The standard InChI is InChI=1S/C20H18N4OS/c21-12-14-5-3-6-15(11-14)22-19(25)13-24-10-4-8-17(24)20-23-16-7-1-2-9-18(16)26-20/h1-3,5-7,9,11,17H,4,8,10,13H2,(H,22,25)/p+1/t17-/m1/s1. The molecule has 1 fully saturated rings. The Morgan fingerprint density at radius 1 is 1.31 bits per heavy atom. The molecule has 2 aromatic carbocycles. The van der Waals surface area contributed by atoms with E-state index in [0.29, 0.717) is 17.8 Å². The highest BCUT2D eigenvalue weighted by Crippen LogP contribution is 2.28. The van der Waals surface area contributed by atoms with Crippen molar-refractivity contribution in [3.8, 4) is 6.07 Å². The molecule has 2 heterocycles. The summed E-state index contributed by atoms with van der Waals surface area (Å²) < 4.78 is 1.20. The number of thiazole rings is 1. The van der Waals surface area contributed by atoms with E-state index in [2.05, 4.69) is 17.5 Å². The van der Waals surface area contributed by atoms with Gasteiger partial charge in [0, 0.05) is 18.5 Å². The topological polar surface area (TPSA) is 70.2 Å². The predicted molar refractivity (Wildman–Crippen MR) is 102 cm³/mol. The molecule has 4 rings (SSSR count). The molecule has 1 amide bonds. The molecule has 0 aliphatic carbocycles. The Labute approximate surface area is 155 Å². The number of para-hydroxylation sites is 1. The monoisotopic (exact) mass is 363 g/mol. The molecule has 0 spiro atoms. The van der Waals surface area contributed by atoms with E-state index < -0.39 is 0 Å². The maximum Gasteiger partial charge on any atom is 0.279 e. The predicted octanol–water partition coefficient (Wildman–Crippen LogP) is 2.53. The average molecular weight is 363 g/mol. The fourth-order valence-electron chi connectivity index (χ4n) is 3.54. The molecular weight excluding hydrogens is 344 g/mol. The summed E-state index contributed by atoms with van der Waals surface area (Å²) in [6.45, 7) is 1.39. The van der Waals surface area contributed by atoms with E-state index in [1.807, 2.05) is 24.3 Å². The lowest BCUT2D eigenvalue weighted by molar-refractivity contribution is -0.910. The zero-order valence-electron chi connectivity index (χ0n) is 14.2. The van der Waals surface area contributed by atoms with Crippen molar-refractivity contribution in [1.29, 1.82) is 5.26 Å². The van der Waals surface area contributed by atoms with Gasteiger partial charge in [0.05, 0.1) is 28.4 Å². The van der Waals surface area contributed by atoms with E-state index in [9.17, 15) is 4.79 Å². The Morgan fingerprint density at radius 3 is 3.04 bits per heavy atom. The Morgan fingerprint density at radius 2 is 2.19 bits per heavy atom. The molecule has 5 nitrogen and oxygen atoms in total. The number of nitrogens with one attached hydrogen (secondary N) is 2. The smallest absolute Gasteiger partial charge is 0.279 e. The van der Waals surface area contributed by atoms with E-state index in [1.165, 1.54) is 9.60 Å². The van der Waals surface area contributed by atoms with Gasteiger partial charge in [0.2, 0.25) is 0 Å². The van der Waals surface area contributed by atoms with E-state index >= 15 is 0 Å². The summed E-state index contributed by atoms with van der Waals surface area (Å²) in [7, 11) is 0. The molecule has 26 heavy (non-hydrogen) atoms. The number of benzene rings is 2. The first-order valence-corrected chi connectivity index (χ1v) is 9.54. The lowest BCUT2D eigenvalue weighted by Crippen LogP contribution is -3.11. The molecule has 1 saturated heterocycles. The number of hydrogen-bond acceptors (Lipinski definition) is 4. The number of likely N-dealkylation sites (tertiary alicyclic amines) is 1. The summed E-state index contributed by atoms with van der Waals surface area (Å²) in [4.78, 5) is 18.5. The number of hydrogen-bond donors (Lipinski definition) is 2. The lowest BCUT2D eigenvalue weighted by Gasteiger charge is -2.19. The number of nitriles is 1. The van der Waals surface area contributed by atoms with Crippen molar-refractivity contribution in [3.63, 3.8) is 0 Å². The molecule has 1 aliphatic rings. The zero-order chi connectivity index (χ0) is 17.9. The third-order valence-corrected chi connectivity index (χ3v) is 5.91. The Kier molecular flexibility index (Phi) is 4.65. The average Bonchev–Trinajstić information content (AvgIpc) is 3.27. The molecular formula is C20H19N4OS+. The van der Waals surface area contributed by atoms with Crippen molar-refractivity contribution in [2.75, 3.05) is 18.4 Å². The van der Waals surface area contributed by atoms with Gasteiger partial charge in [-0.05, 0) is 30.3 Å². The molecule has 0 radical (unpaired) electrons. The van der Waals surface area contributed by atoms with Crippen molar-refractivity contribution in [3.05, 3.63) is 59.1 Å². The minimum absolute atomic E-state index is 0.0249. The van der Waals surface area contributed by atoms with Crippen LogP contribution in [0.25, 0.3) is 10.2 Å². The summed E-state index contributed by atoms with van der Waals surface area (Å²) >= 11 is 1.73. The number of anilines is 1. The maximum absolute atomic E-state index is 12.5. The van der Waals surface area contributed by atoms with Crippen LogP contribution in [-0.2, 0) is 4.79 Å². The fourth-order valence-corrected chi connectivity index (χ4v) is 4.70. The van der Waals surface area contributed by atoms with Gasteiger partial charge in [0.25, 0.3) is 5.91 Å². The van der Waals surface area contributed by atoms with Gasteiger partial charge in [0.1, 0.15) is 6.04 Å². The summed E-state index contributed by atoms with van der Waals surface area (Å²) in [5.74, 6) is -0.0249. The third kappa shape index (κ3) is 3.45. The first kappa shape index (κ1) is 16.7. The molecule has 0 saturated carbocycles. The van der Waals surface area contributed by atoms with Crippen LogP contribution in [0.4, 0.5) is 5.69 Å². The van der Waals surface area contributed by atoms with Crippen LogP contribution in [0.5, 0.6) is 0 Å². The Bertz CT molecular complexity index is 958. The fraction of sp³-hybridized carbons (Fsp3) is 0.250. The highest BCUT2D eigenvalue weighted by molar-refractivity contribution is 7.18. The van der Waals surface area contributed by atoms with Crippen molar-refractivity contribution < 1.29 is 9.69 Å². The van der Waals surface area contributed by atoms with Gasteiger partial charge in [-0.3, -0.25) is 4.79 Å². The highest BCUT2D eigenvalue weighted by atomic mass is 32.1. The number of quaternary nitrogens is 1. The number of fused-ring (bicyclic) bond motifs is 1. The normalized spacial score (nSPS) is 19.3. The number of nitrogens with zero attached hydrogens (tertiary/aromatic N) is 2. The molecule has 1 aliphatic heterocycles. The Hall–Kier alpha value is -2.75. The van der Waals surface area contributed by atoms with Gasteiger partial charge in [-0.25, -0.2) is 4.98 Å². The van der Waals surface area contributed by atoms with Crippen molar-refractivity contribution >= 4 is 33.1 Å². The van der Waals surface area contributed by atoms with Crippen LogP contribution in [-0.4, -0.2) is 24.0 Å². The largest absolute Gasteiger partial charge is 0.321 e. The maximum atomic E-state index is 12.5. The minimum atomic E-state index is -0.0249. The van der Waals surface area contributed by atoms with Crippen LogP contribution < -0.4 is 10.2 Å². The van der Waals surface area contributed by atoms with Gasteiger partial charge in [0.15, 0.2) is 11.6 Å². The van der Waals surface area contributed by atoms with Crippen LogP contribution in [0.1, 0.15) is 29.5 Å². The first-order chi connectivity index (χ1) is 12.7. The molecule has 2 N–H and O–H groups in total. The van der Waals surface area contributed by atoms with E-state index in [4.69, 9.17) is 10.2 Å². The van der Waals surface area contributed by atoms with Gasteiger partial charge < -0.3 is 10.2 Å². The molecule has 130 valence electrons. The van der Waals surface area contributed by atoms with E-state index in [0.717, 1.165) is 29.9 Å². The number of aromatic nitrogens is 1. The van der Waals surface area contributed by atoms with Crippen LogP contribution in [0.2, 0.25) is 0 Å². The van der Waals surface area contributed by atoms with Gasteiger partial charge in [-0.1, -0.05) is 18.2 Å². The van der Waals surface area contributed by atoms with Crippen LogP contribution in [0.15, 0.2) is 48.5 Å². The molecule has 0 bridgehead atoms. The van der Waals surface area contributed by atoms with Crippen molar-refractivity contribution in [1.82, 2.24) is 4.98 Å². The second-order valence-electron chi connectivity index (χ2n) is 6.54. The summed E-state index contributed by atoms with van der Waals surface area (Å²) in [6, 6.07) is 17.6. The van der Waals surface area contributed by atoms with E-state index in [1.54, 1.807) is 29.5 Å². The van der Waals surface area contributed by atoms with Crippen LogP contribution >= 0.6 is 11.3 Å². The lowest BCUT2D eigenvalue weighted by atomic mass is 10.2. The number of amides is 1. The SMILES string of the molecule is N#Cc1cccc(NC(=O)C[NH+]2CCC[C@@H]2c2nc3ccccc3s2)c1. The molecule has 1 unspecified atom stereocenters. The van der Waals surface area contributed by atoms with Gasteiger partial charge in [-0.15, -0.1) is 11.3 Å². The molecule has 3 aromatic rings. The van der Waals surface area contributed by atoms with E-state index in [-0.39, 0.29) is 11.9 Å². The zero-order valence-corrected chi connectivity index (χ0v) is 15.1. The first-order valence-electron chi connectivity index (χ1n) is 8.73. The molecule has 1 aromatic heterocycles. The molecule has 2 atom stereocenters. The number of rotatable bonds is 4. The van der Waals surface area contributed by atoms with Crippen LogP contribution in [0, 0.1) is 11.3 Å². The second-order valence-corrected chi connectivity index (χ2v) is 7.60. The second kappa shape index (κ2) is 7.24. The Balaban J connectivity index is 1.46. The number of carbonyl (C=O) groups is 1. The summed E-state index contributed by atoms with van der Waals surface area (Å²) in [5.41, 5.74) is 2.25. The quantitative estimate of drug-likeness (QED) is 0.748. The summed E-state index contributed by atoms with van der Waals surface area (Å²) in [5, 5.41) is 13.0. The minimum Gasteiger partial charge on any atom is -0.321 e. The van der Waals surface area contributed by atoms with Gasteiger partial charge in [-0.2, -0.15) is 5.26 Å². The van der Waals surface area contributed by atoms with Gasteiger partial charge >= 0.3 is 0 Å². The molecule has 6 heteroatoms. The number of carbonyl (C=O) groups excluding carboxylic acids is 1.